The summed E-state index contributed by atoms with van der Waals surface area (Å²) in [7, 11) is 0. The van der Waals surface area contributed by atoms with Crippen LogP contribution in [-0.4, -0.2) is 19.1 Å². The van der Waals surface area contributed by atoms with Crippen molar-refractivity contribution in [3.05, 3.63) is 150 Å². The summed E-state index contributed by atoms with van der Waals surface area (Å²) in [6.07, 6.45) is 8.61. The Balaban J connectivity index is 1.35. The second kappa shape index (κ2) is 9.88. The number of aryl methyl sites for hydroxylation is 2. The highest BCUT2D eigenvalue weighted by Gasteiger charge is 2.29. The van der Waals surface area contributed by atoms with Gasteiger partial charge in [0.1, 0.15) is 0 Å². The quantitative estimate of drug-likeness (QED) is 0.205. The van der Waals surface area contributed by atoms with E-state index in [1.54, 1.807) is 0 Å². The van der Waals surface area contributed by atoms with Crippen LogP contribution in [0.2, 0.25) is 0 Å². The molecule has 0 saturated carbocycles. The number of hydrogen-bond donors (Lipinski definition) is 0. The van der Waals surface area contributed by atoms with Crippen molar-refractivity contribution in [3.63, 3.8) is 0 Å². The van der Waals surface area contributed by atoms with Crippen molar-refractivity contribution in [1.29, 1.82) is 0 Å². The smallest absolute Gasteiger partial charge is 0.235 e. The van der Waals surface area contributed by atoms with Crippen LogP contribution >= 0.6 is 0 Å². The predicted octanol–water partition coefficient (Wildman–Crippen LogP) is 9.91. The highest BCUT2D eigenvalue weighted by Crippen LogP contribution is 2.46. The molecule has 0 aliphatic heterocycles. The van der Waals surface area contributed by atoms with Crippen LogP contribution < -0.4 is 0 Å². The number of nitrogens with zero attached hydrogens (tertiary/aromatic N) is 4. The first-order valence-corrected chi connectivity index (χ1v) is 16.2. The van der Waals surface area contributed by atoms with Gasteiger partial charge in [0.05, 0.1) is 27.9 Å². The van der Waals surface area contributed by atoms with Crippen molar-refractivity contribution in [2.24, 2.45) is 0 Å². The molecule has 0 radical (unpaired) electrons. The zero-order valence-corrected chi connectivity index (χ0v) is 25.3. The molecule has 0 unspecified atom stereocenters. The molecule has 8 aromatic rings. The molecule has 2 aliphatic carbocycles. The molecule has 5 aromatic carbocycles. The van der Waals surface area contributed by atoms with Gasteiger partial charge in [-0.1, -0.05) is 103 Å². The van der Waals surface area contributed by atoms with Crippen molar-refractivity contribution in [1.82, 2.24) is 19.1 Å². The van der Waals surface area contributed by atoms with E-state index in [-0.39, 0.29) is 0 Å². The third-order valence-corrected chi connectivity index (χ3v) is 9.88. The molecule has 0 spiro atoms. The molecule has 10 rings (SSSR count). The average molecular weight is 591 g/mol. The minimum Gasteiger partial charge on any atom is -0.309 e. The third-order valence-electron chi connectivity index (χ3n) is 9.88. The molecule has 46 heavy (non-hydrogen) atoms. The predicted molar refractivity (Wildman–Crippen MR) is 189 cm³/mol. The average Bonchev–Trinajstić information content (AvgIpc) is 3.65. The summed E-state index contributed by atoms with van der Waals surface area (Å²) in [5.74, 6) is 0.745. The van der Waals surface area contributed by atoms with Gasteiger partial charge in [-0.3, -0.25) is 4.57 Å². The lowest BCUT2D eigenvalue weighted by Gasteiger charge is -2.18. The van der Waals surface area contributed by atoms with Crippen LogP contribution in [0.3, 0.4) is 0 Å². The molecule has 4 nitrogen and oxygen atoms in total. The summed E-state index contributed by atoms with van der Waals surface area (Å²) in [6.45, 7) is 0. The zero-order chi connectivity index (χ0) is 30.2. The number of fused-ring (bicyclic) bond motifs is 4. The molecule has 218 valence electrons. The number of allylic oxidation sites excluding steroid dienone is 1. The van der Waals surface area contributed by atoms with Crippen LogP contribution in [0.1, 0.15) is 28.8 Å². The summed E-state index contributed by atoms with van der Waals surface area (Å²) < 4.78 is 4.89. The maximum Gasteiger partial charge on any atom is 0.235 e. The molecule has 4 heteroatoms. The number of benzene rings is 5. The Morgan fingerprint density at radius 3 is 1.98 bits per heavy atom. The number of rotatable bonds is 4. The first-order valence-electron chi connectivity index (χ1n) is 16.2. The normalized spacial score (nSPS) is 13.7. The van der Waals surface area contributed by atoms with Crippen molar-refractivity contribution in [3.8, 4) is 34.2 Å². The Hall–Kier alpha value is -5.74. The number of aromatic nitrogens is 4. The van der Waals surface area contributed by atoms with E-state index < -0.39 is 0 Å². The summed E-state index contributed by atoms with van der Waals surface area (Å²) in [4.78, 5) is 10.7. The standard InChI is InChI=1S/C42H30N4/c1-4-13-27(14-5-1)34-26-35(28-15-6-2-7-16-28)44-42(43-34)46-36-21-11-10-20-31(36)33-25-38-40-32(41(33)46)24-23-29-17-12-22-37(39(29)40)45(38)30-18-8-3-9-19-30/h1-10,12-20,22,25-26H,11,21,23-24H2. The second-order valence-electron chi connectivity index (χ2n) is 12.4. The van der Waals surface area contributed by atoms with Crippen molar-refractivity contribution >= 4 is 38.8 Å². The van der Waals surface area contributed by atoms with E-state index in [9.17, 15) is 0 Å². The fourth-order valence-electron chi connectivity index (χ4n) is 7.92. The van der Waals surface area contributed by atoms with Gasteiger partial charge in [0.2, 0.25) is 5.95 Å². The van der Waals surface area contributed by atoms with E-state index in [1.807, 2.05) is 0 Å². The van der Waals surface area contributed by atoms with Gasteiger partial charge in [0, 0.05) is 44.2 Å². The van der Waals surface area contributed by atoms with Gasteiger partial charge in [-0.15, -0.1) is 0 Å². The van der Waals surface area contributed by atoms with Crippen molar-refractivity contribution < 1.29 is 0 Å². The van der Waals surface area contributed by atoms with Crippen molar-refractivity contribution in [2.75, 3.05) is 0 Å². The number of hydrogen-bond acceptors (Lipinski definition) is 2. The molecular formula is C42H30N4. The fraction of sp³-hybridized carbons (Fsp3) is 0.0952. The molecular weight excluding hydrogens is 560 g/mol. The lowest BCUT2D eigenvalue weighted by molar-refractivity contribution is 0.843. The van der Waals surface area contributed by atoms with Crippen LogP contribution in [0.25, 0.3) is 72.9 Å². The van der Waals surface area contributed by atoms with E-state index in [0.29, 0.717) is 0 Å². The Bertz CT molecular complexity index is 2440. The van der Waals surface area contributed by atoms with E-state index in [0.717, 1.165) is 54.1 Å². The summed E-state index contributed by atoms with van der Waals surface area (Å²) in [5.41, 5.74) is 14.5. The van der Waals surface area contributed by atoms with Gasteiger partial charge in [-0.25, -0.2) is 9.97 Å². The lowest BCUT2D eigenvalue weighted by atomic mass is 9.89. The molecule has 0 saturated heterocycles. The first-order chi connectivity index (χ1) is 22.8. The van der Waals surface area contributed by atoms with Gasteiger partial charge in [-0.05, 0) is 67.1 Å². The maximum absolute atomic E-state index is 5.34. The van der Waals surface area contributed by atoms with E-state index in [1.165, 1.54) is 60.8 Å². The van der Waals surface area contributed by atoms with Crippen LogP contribution in [0.5, 0.6) is 0 Å². The van der Waals surface area contributed by atoms with Crippen LogP contribution in [0.15, 0.2) is 127 Å². The maximum atomic E-state index is 5.34. The van der Waals surface area contributed by atoms with Gasteiger partial charge >= 0.3 is 0 Å². The Morgan fingerprint density at radius 1 is 0.565 bits per heavy atom. The third kappa shape index (κ3) is 3.67. The summed E-state index contributed by atoms with van der Waals surface area (Å²) >= 11 is 0. The van der Waals surface area contributed by atoms with E-state index in [4.69, 9.17) is 9.97 Å². The first kappa shape index (κ1) is 25.6. The van der Waals surface area contributed by atoms with Gasteiger partial charge in [0.25, 0.3) is 0 Å². The molecule has 2 aliphatic rings. The molecule has 0 amide bonds. The zero-order valence-electron chi connectivity index (χ0n) is 25.3. The largest absolute Gasteiger partial charge is 0.309 e. The number of para-hydroxylation sites is 1. The van der Waals surface area contributed by atoms with Crippen molar-refractivity contribution in [2.45, 2.75) is 25.7 Å². The second-order valence-corrected chi connectivity index (χ2v) is 12.4. The lowest BCUT2D eigenvalue weighted by Crippen LogP contribution is -2.10. The fourth-order valence-corrected chi connectivity index (χ4v) is 7.92. The molecule has 0 N–H and O–H groups in total. The van der Waals surface area contributed by atoms with Gasteiger partial charge in [0.15, 0.2) is 0 Å². The molecule has 0 fully saturated rings. The monoisotopic (exact) mass is 590 g/mol. The van der Waals surface area contributed by atoms with E-state index >= 15 is 0 Å². The van der Waals surface area contributed by atoms with Crippen LogP contribution in [-0.2, 0) is 19.3 Å². The Morgan fingerprint density at radius 2 is 1.26 bits per heavy atom. The Kier molecular flexibility index (Phi) is 5.49. The van der Waals surface area contributed by atoms with E-state index in [2.05, 4.69) is 143 Å². The van der Waals surface area contributed by atoms with Gasteiger partial charge in [-0.2, -0.15) is 0 Å². The highest BCUT2D eigenvalue weighted by atomic mass is 15.2. The van der Waals surface area contributed by atoms with Crippen LogP contribution in [0.4, 0.5) is 0 Å². The van der Waals surface area contributed by atoms with Crippen LogP contribution in [0, 0.1) is 0 Å². The Labute approximate surface area is 266 Å². The molecule has 3 heterocycles. The summed E-state index contributed by atoms with van der Waals surface area (Å²) in [6, 6.07) is 43.2. The molecule has 0 bridgehead atoms. The molecule has 0 atom stereocenters. The summed E-state index contributed by atoms with van der Waals surface area (Å²) in [5, 5.41) is 4.04. The topological polar surface area (TPSA) is 35.6 Å². The molecule has 3 aromatic heterocycles. The minimum absolute atomic E-state index is 0.745. The SMILES string of the molecule is C1=Cc2c(n(-c3nc(-c4ccccc4)cc(-c4ccccc4)n3)c3c4c5c6c(cccc6n(-c6ccccc6)c5cc23)CC4)CC1. The van der Waals surface area contributed by atoms with Gasteiger partial charge < -0.3 is 4.57 Å². The highest BCUT2D eigenvalue weighted by molar-refractivity contribution is 6.19. The minimum atomic E-state index is 0.745.